The van der Waals surface area contributed by atoms with Crippen LogP contribution in [-0.4, -0.2) is 4.98 Å². The molecule has 0 saturated heterocycles. The normalized spacial score (nSPS) is 10.3. The predicted octanol–water partition coefficient (Wildman–Crippen LogP) is 3.70. The minimum absolute atomic E-state index is 0.403. The van der Waals surface area contributed by atoms with Gasteiger partial charge in [-0.1, -0.05) is 0 Å². The third-order valence-electron chi connectivity index (χ3n) is 1.82. The fraction of sp³-hybridized carbons (Fsp3) is 0.100. The minimum Gasteiger partial charge on any atom is -0.448 e. The molecular weight excluding hydrogens is 279 g/mol. The monoisotopic (exact) mass is 286 g/mol. The first-order chi connectivity index (χ1) is 7.24. The molecule has 0 unspecified atom stereocenters. The van der Waals surface area contributed by atoms with Gasteiger partial charge in [0.05, 0.1) is 18.4 Å². The summed E-state index contributed by atoms with van der Waals surface area (Å²) in [6, 6.07) is 7.36. The van der Waals surface area contributed by atoms with Crippen LogP contribution < -0.4 is 5.32 Å². The van der Waals surface area contributed by atoms with Crippen molar-refractivity contribution < 1.29 is 4.42 Å². The van der Waals surface area contributed by atoms with Gasteiger partial charge in [0.2, 0.25) is 0 Å². The van der Waals surface area contributed by atoms with Crippen LogP contribution in [0.4, 0.5) is 5.69 Å². The number of rotatable bonds is 3. The lowest BCUT2D eigenvalue weighted by atomic mass is 10.4. The molecule has 0 saturated carbocycles. The molecule has 0 amide bonds. The number of hydrogen-bond donors (Lipinski definition) is 1. The van der Waals surface area contributed by atoms with Crippen LogP contribution in [-0.2, 0) is 6.54 Å². The molecule has 2 aromatic rings. The Morgan fingerprint density at radius 3 is 2.80 bits per heavy atom. The van der Waals surface area contributed by atoms with Crippen molar-refractivity contribution >= 4 is 33.2 Å². The van der Waals surface area contributed by atoms with E-state index in [-0.39, 0.29) is 0 Å². The van der Waals surface area contributed by atoms with Crippen LogP contribution in [0, 0.1) is 0 Å². The molecule has 2 heterocycles. The van der Waals surface area contributed by atoms with Gasteiger partial charge in [0.25, 0.3) is 0 Å². The van der Waals surface area contributed by atoms with Crippen LogP contribution in [0.3, 0.4) is 0 Å². The molecule has 1 N–H and O–H groups in total. The van der Waals surface area contributed by atoms with E-state index >= 15 is 0 Å². The van der Waals surface area contributed by atoms with E-state index < -0.39 is 0 Å². The Morgan fingerprint density at radius 1 is 1.33 bits per heavy atom. The molecule has 0 fully saturated rings. The van der Waals surface area contributed by atoms with Crippen molar-refractivity contribution in [2.75, 3.05) is 5.32 Å². The average molecular weight is 288 g/mol. The molecule has 3 nitrogen and oxygen atoms in total. The Hall–Kier alpha value is -1.00. The van der Waals surface area contributed by atoms with E-state index in [1.54, 1.807) is 12.3 Å². The van der Waals surface area contributed by atoms with Crippen LogP contribution in [0.5, 0.6) is 0 Å². The molecule has 0 aliphatic rings. The number of aromatic nitrogens is 1. The van der Waals surface area contributed by atoms with Crippen LogP contribution >= 0.6 is 27.5 Å². The highest BCUT2D eigenvalue weighted by atomic mass is 79.9. The van der Waals surface area contributed by atoms with E-state index in [9.17, 15) is 0 Å². The number of nitrogens with zero attached hydrogens (tertiary/aromatic N) is 1. The Kier molecular flexibility index (Phi) is 3.28. The van der Waals surface area contributed by atoms with Gasteiger partial charge in [-0.25, -0.2) is 4.98 Å². The molecule has 2 aromatic heterocycles. The predicted molar refractivity (Wildman–Crippen MR) is 63.0 cm³/mol. The summed E-state index contributed by atoms with van der Waals surface area (Å²) in [5.74, 6) is 0.794. The smallest absolute Gasteiger partial charge is 0.193 e. The Balaban J connectivity index is 1.96. The third-order valence-corrected chi connectivity index (χ3v) is 2.50. The molecule has 0 aliphatic heterocycles. The molecule has 0 atom stereocenters. The van der Waals surface area contributed by atoms with E-state index in [1.807, 2.05) is 18.2 Å². The fourth-order valence-electron chi connectivity index (χ4n) is 1.12. The topological polar surface area (TPSA) is 38.1 Å². The number of halogens is 2. The first-order valence-corrected chi connectivity index (χ1v) is 5.51. The fourth-order valence-corrected chi connectivity index (χ4v) is 1.51. The first-order valence-electron chi connectivity index (χ1n) is 4.34. The lowest BCUT2D eigenvalue weighted by Gasteiger charge is -2.03. The van der Waals surface area contributed by atoms with Crippen LogP contribution in [0.2, 0.25) is 5.22 Å². The number of anilines is 1. The van der Waals surface area contributed by atoms with Gasteiger partial charge in [-0.05, 0) is 51.8 Å². The Labute approximate surface area is 101 Å². The summed E-state index contributed by atoms with van der Waals surface area (Å²) in [6.07, 6.45) is 1.74. The van der Waals surface area contributed by atoms with Crippen LogP contribution in [0.25, 0.3) is 0 Å². The summed E-state index contributed by atoms with van der Waals surface area (Å²) in [5.41, 5.74) is 0.936. The van der Waals surface area contributed by atoms with Crippen molar-refractivity contribution in [2.45, 2.75) is 6.54 Å². The largest absolute Gasteiger partial charge is 0.448 e. The summed E-state index contributed by atoms with van der Waals surface area (Å²) < 4.78 is 6.02. The van der Waals surface area contributed by atoms with Gasteiger partial charge in [0, 0.05) is 0 Å². The maximum Gasteiger partial charge on any atom is 0.193 e. The summed E-state index contributed by atoms with van der Waals surface area (Å²) in [6.45, 7) is 0.593. The molecule has 0 radical (unpaired) electrons. The van der Waals surface area contributed by atoms with Gasteiger partial charge < -0.3 is 9.73 Å². The molecule has 5 heteroatoms. The van der Waals surface area contributed by atoms with E-state index in [1.165, 1.54) is 0 Å². The summed E-state index contributed by atoms with van der Waals surface area (Å²) in [4.78, 5) is 4.09. The second-order valence-electron chi connectivity index (χ2n) is 2.93. The van der Waals surface area contributed by atoms with Crippen molar-refractivity contribution in [2.24, 2.45) is 0 Å². The van der Waals surface area contributed by atoms with Crippen LogP contribution in [0.1, 0.15) is 5.76 Å². The van der Waals surface area contributed by atoms with Gasteiger partial charge in [-0.3, -0.25) is 0 Å². The second-order valence-corrected chi connectivity index (χ2v) is 4.11. The Bertz CT molecular complexity index is 441. The highest BCUT2D eigenvalue weighted by Crippen LogP contribution is 2.15. The maximum atomic E-state index is 5.65. The zero-order valence-corrected chi connectivity index (χ0v) is 10.0. The summed E-state index contributed by atoms with van der Waals surface area (Å²) in [5, 5.41) is 3.57. The second kappa shape index (κ2) is 4.68. The average Bonchev–Trinajstić information content (AvgIpc) is 2.64. The van der Waals surface area contributed by atoms with Crippen molar-refractivity contribution in [3.8, 4) is 0 Å². The summed E-state index contributed by atoms with van der Waals surface area (Å²) >= 11 is 8.92. The van der Waals surface area contributed by atoms with Gasteiger partial charge in [-0.15, -0.1) is 0 Å². The quantitative estimate of drug-likeness (QED) is 0.875. The molecular formula is C10H8BrClN2O. The van der Waals surface area contributed by atoms with Crippen molar-refractivity contribution in [1.82, 2.24) is 4.98 Å². The molecule has 0 bridgehead atoms. The molecule has 78 valence electrons. The molecule has 0 aliphatic carbocycles. The van der Waals surface area contributed by atoms with Gasteiger partial charge >= 0.3 is 0 Å². The van der Waals surface area contributed by atoms with Crippen molar-refractivity contribution in [1.29, 1.82) is 0 Å². The summed E-state index contributed by atoms with van der Waals surface area (Å²) in [7, 11) is 0. The highest BCUT2D eigenvalue weighted by molar-refractivity contribution is 9.10. The zero-order chi connectivity index (χ0) is 10.7. The maximum absolute atomic E-state index is 5.65. The number of furan rings is 1. The van der Waals surface area contributed by atoms with Crippen molar-refractivity contribution in [3.05, 3.63) is 46.0 Å². The molecule has 15 heavy (non-hydrogen) atoms. The van der Waals surface area contributed by atoms with Gasteiger partial charge in [-0.2, -0.15) is 0 Å². The third kappa shape index (κ3) is 2.97. The minimum atomic E-state index is 0.403. The lowest BCUT2D eigenvalue weighted by Crippen LogP contribution is -1.98. The lowest BCUT2D eigenvalue weighted by molar-refractivity contribution is 0.520. The molecule has 2 rings (SSSR count). The first kappa shape index (κ1) is 10.5. The van der Waals surface area contributed by atoms with Crippen molar-refractivity contribution in [3.63, 3.8) is 0 Å². The van der Waals surface area contributed by atoms with Crippen LogP contribution in [0.15, 0.2) is 39.5 Å². The van der Waals surface area contributed by atoms with E-state index in [2.05, 4.69) is 26.2 Å². The molecule has 0 aromatic carbocycles. The van der Waals surface area contributed by atoms with E-state index in [0.717, 1.165) is 16.1 Å². The number of pyridine rings is 1. The zero-order valence-electron chi connectivity index (χ0n) is 7.71. The molecule has 0 spiro atoms. The standard InChI is InChI=1S/C10H8BrClN2O/c11-9-3-1-7(5-14-9)13-6-8-2-4-10(12)15-8/h1-5,13H,6H2. The van der Waals surface area contributed by atoms with Gasteiger partial charge in [0.1, 0.15) is 10.4 Å². The van der Waals surface area contributed by atoms with E-state index in [4.69, 9.17) is 16.0 Å². The van der Waals surface area contributed by atoms with Gasteiger partial charge in [0.15, 0.2) is 5.22 Å². The van der Waals surface area contributed by atoms with E-state index in [0.29, 0.717) is 11.8 Å². The Morgan fingerprint density at radius 2 is 2.20 bits per heavy atom. The number of nitrogens with one attached hydrogen (secondary N) is 1. The SMILES string of the molecule is Clc1ccc(CNc2ccc(Br)nc2)o1. The number of hydrogen-bond acceptors (Lipinski definition) is 3. The highest BCUT2D eigenvalue weighted by Gasteiger charge is 1.99.